The third kappa shape index (κ3) is 2.23. The number of benzene rings is 1. The molecule has 0 saturated carbocycles. The summed E-state index contributed by atoms with van der Waals surface area (Å²) in [6, 6.07) is 5.32. The molecule has 0 fully saturated rings. The van der Waals surface area contributed by atoms with Crippen LogP contribution in [-0.4, -0.2) is 5.78 Å². The van der Waals surface area contributed by atoms with Crippen LogP contribution in [0.15, 0.2) is 18.2 Å². The van der Waals surface area contributed by atoms with Crippen molar-refractivity contribution in [2.75, 3.05) is 0 Å². The summed E-state index contributed by atoms with van der Waals surface area (Å²) in [5.74, 6) is -0.102. The molecule has 0 spiro atoms. The monoisotopic (exact) mass is 216 g/mol. The Bertz CT molecular complexity index is 334. The molecular weight excluding hydrogens is 207 g/mol. The zero-order valence-corrected chi connectivity index (χ0v) is 8.99. The molecular formula is C10H10Cl2O. The van der Waals surface area contributed by atoms with Gasteiger partial charge in [-0.2, -0.15) is 0 Å². The first-order chi connectivity index (χ1) is 6.04. The van der Waals surface area contributed by atoms with Gasteiger partial charge in [-0.3, -0.25) is 4.79 Å². The molecule has 1 atom stereocenters. The lowest BCUT2D eigenvalue weighted by atomic mass is 9.98. The molecule has 1 rings (SSSR count). The van der Waals surface area contributed by atoms with Gasteiger partial charge in [0.2, 0.25) is 0 Å². The first-order valence-corrected chi connectivity index (χ1v) is 4.74. The summed E-state index contributed by atoms with van der Waals surface area (Å²) in [6.45, 7) is 3.36. The highest BCUT2D eigenvalue weighted by Gasteiger charge is 2.15. The second-order valence-electron chi connectivity index (χ2n) is 2.98. The largest absolute Gasteiger partial charge is 0.299 e. The molecule has 0 aliphatic carbocycles. The summed E-state index contributed by atoms with van der Waals surface area (Å²) in [6.07, 6.45) is 0. The normalized spacial score (nSPS) is 12.6. The molecule has 0 radical (unpaired) electrons. The number of Topliss-reactive ketones (excluding diaryl/α,β-unsaturated/α-hetero) is 1. The summed E-state index contributed by atoms with van der Waals surface area (Å²) in [5.41, 5.74) is 0.793. The summed E-state index contributed by atoms with van der Waals surface area (Å²) >= 11 is 11.8. The van der Waals surface area contributed by atoms with Crippen molar-refractivity contribution in [3.05, 3.63) is 33.8 Å². The average Bonchev–Trinajstić information content (AvgIpc) is 2.08. The van der Waals surface area contributed by atoms with Crippen molar-refractivity contribution < 1.29 is 4.79 Å². The van der Waals surface area contributed by atoms with Gasteiger partial charge in [0, 0.05) is 5.92 Å². The minimum atomic E-state index is -0.189. The van der Waals surface area contributed by atoms with Gasteiger partial charge in [-0.15, -0.1) is 0 Å². The Morgan fingerprint density at radius 1 is 1.38 bits per heavy atom. The van der Waals surface area contributed by atoms with E-state index in [1.165, 1.54) is 0 Å². The topological polar surface area (TPSA) is 17.1 Å². The second-order valence-corrected chi connectivity index (χ2v) is 3.76. The Labute approximate surface area is 87.7 Å². The van der Waals surface area contributed by atoms with E-state index in [0.29, 0.717) is 10.0 Å². The fourth-order valence-electron chi connectivity index (χ4n) is 1.07. The standard InChI is InChI=1S/C10H10Cl2O/c1-6(7(2)13)8-4-3-5-9(11)10(8)12/h3-6H,1-2H3. The molecule has 3 heteroatoms. The molecule has 0 saturated heterocycles. The van der Waals surface area contributed by atoms with Crippen LogP contribution in [0.25, 0.3) is 0 Å². The van der Waals surface area contributed by atoms with E-state index >= 15 is 0 Å². The molecule has 1 nitrogen and oxygen atoms in total. The van der Waals surface area contributed by atoms with Gasteiger partial charge in [0.15, 0.2) is 0 Å². The van der Waals surface area contributed by atoms with Gasteiger partial charge in [-0.05, 0) is 18.6 Å². The van der Waals surface area contributed by atoms with E-state index in [9.17, 15) is 4.79 Å². The number of hydrogen-bond acceptors (Lipinski definition) is 1. The molecule has 1 unspecified atom stereocenters. The fourth-order valence-corrected chi connectivity index (χ4v) is 1.55. The predicted octanol–water partition coefficient (Wildman–Crippen LogP) is 3.69. The molecule has 0 heterocycles. The zero-order chi connectivity index (χ0) is 10.0. The number of ketones is 1. The smallest absolute Gasteiger partial charge is 0.137 e. The van der Waals surface area contributed by atoms with E-state index in [2.05, 4.69) is 0 Å². The highest BCUT2D eigenvalue weighted by Crippen LogP contribution is 2.30. The van der Waals surface area contributed by atoms with Gasteiger partial charge < -0.3 is 0 Å². The minimum absolute atomic E-state index is 0.0872. The van der Waals surface area contributed by atoms with Gasteiger partial charge >= 0.3 is 0 Å². The van der Waals surface area contributed by atoms with Crippen molar-refractivity contribution in [3.8, 4) is 0 Å². The Morgan fingerprint density at radius 2 is 2.00 bits per heavy atom. The minimum Gasteiger partial charge on any atom is -0.299 e. The quantitative estimate of drug-likeness (QED) is 0.738. The summed E-state index contributed by atoms with van der Waals surface area (Å²) in [5, 5.41) is 0.971. The highest BCUT2D eigenvalue weighted by molar-refractivity contribution is 6.42. The maximum atomic E-state index is 11.1. The van der Waals surface area contributed by atoms with Crippen LogP contribution in [-0.2, 0) is 4.79 Å². The number of halogens is 2. The van der Waals surface area contributed by atoms with Crippen LogP contribution in [0.2, 0.25) is 10.0 Å². The van der Waals surface area contributed by atoms with E-state index in [0.717, 1.165) is 5.56 Å². The average molecular weight is 217 g/mol. The number of rotatable bonds is 2. The lowest BCUT2D eigenvalue weighted by molar-refractivity contribution is -0.118. The van der Waals surface area contributed by atoms with Crippen LogP contribution in [0.1, 0.15) is 25.3 Å². The van der Waals surface area contributed by atoms with Crippen molar-refractivity contribution >= 4 is 29.0 Å². The van der Waals surface area contributed by atoms with Crippen LogP contribution in [0, 0.1) is 0 Å². The lowest BCUT2D eigenvalue weighted by Gasteiger charge is -2.10. The third-order valence-electron chi connectivity index (χ3n) is 2.06. The Morgan fingerprint density at radius 3 is 2.54 bits per heavy atom. The highest BCUT2D eigenvalue weighted by atomic mass is 35.5. The van der Waals surface area contributed by atoms with Gasteiger partial charge in [0.05, 0.1) is 10.0 Å². The van der Waals surface area contributed by atoms with Gasteiger partial charge in [-0.25, -0.2) is 0 Å². The summed E-state index contributed by atoms with van der Waals surface area (Å²) in [4.78, 5) is 11.1. The maximum Gasteiger partial charge on any atom is 0.137 e. The van der Waals surface area contributed by atoms with Crippen molar-refractivity contribution in [2.45, 2.75) is 19.8 Å². The molecule has 13 heavy (non-hydrogen) atoms. The van der Waals surface area contributed by atoms with Crippen molar-refractivity contribution in [2.24, 2.45) is 0 Å². The Kier molecular flexibility index (Phi) is 3.34. The van der Waals surface area contributed by atoms with Gasteiger partial charge in [0.1, 0.15) is 5.78 Å². The lowest BCUT2D eigenvalue weighted by Crippen LogP contribution is -2.04. The molecule has 1 aromatic carbocycles. The second kappa shape index (κ2) is 4.12. The Hall–Kier alpha value is -0.530. The molecule has 0 N–H and O–H groups in total. The predicted molar refractivity (Wildman–Crippen MR) is 55.6 cm³/mol. The number of carbonyl (C=O) groups is 1. The summed E-state index contributed by atoms with van der Waals surface area (Å²) in [7, 11) is 0. The molecule has 0 aliphatic rings. The number of hydrogen-bond donors (Lipinski definition) is 0. The van der Waals surface area contributed by atoms with Crippen LogP contribution in [0.4, 0.5) is 0 Å². The summed E-state index contributed by atoms with van der Waals surface area (Å²) < 4.78 is 0. The number of carbonyl (C=O) groups excluding carboxylic acids is 1. The van der Waals surface area contributed by atoms with Gasteiger partial charge in [-0.1, -0.05) is 42.3 Å². The van der Waals surface area contributed by atoms with Crippen molar-refractivity contribution in [1.82, 2.24) is 0 Å². The third-order valence-corrected chi connectivity index (χ3v) is 2.89. The molecule has 0 bridgehead atoms. The van der Waals surface area contributed by atoms with E-state index < -0.39 is 0 Å². The van der Waals surface area contributed by atoms with Crippen molar-refractivity contribution in [3.63, 3.8) is 0 Å². The molecule has 70 valence electrons. The SMILES string of the molecule is CC(=O)C(C)c1cccc(Cl)c1Cl. The van der Waals surface area contributed by atoms with Crippen molar-refractivity contribution in [1.29, 1.82) is 0 Å². The van der Waals surface area contributed by atoms with E-state index in [1.807, 2.05) is 13.0 Å². The van der Waals surface area contributed by atoms with Crippen LogP contribution >= 0.6 is 23.2 Å². The van der Waals surface area contributed by atoms with E-state index in [4.69, 9.17) is 23.2 Å². The van der Waals surface area contributed by atoms with Crippen LogP contribution in [0.3, 0.4) is 0 Å². The maximum absolute atomic E-state index is 11.1. The van der Waals surface area contributed by atoms with E-state index in [-0.39, 0.29) is 11.7 Å². The molecule has 0 aliphatic heterocycles. The van der Waals surface area contributed by atoms with Crippen LogP contribution < -0.4 is 0 Å². The first kappa shape index (κ1) is 10.6. The van der Waals surface area contributed by atoms with Gasteiger partial charge in [0.25, 0.3) is 0 Å². The zero-order valence-electron chi connectivity index (χ0n) is 7.47. The van der Waals surface area contributed by atoms with Crippen LogP contribution in [0.5, 0.6) is 0 Å². The Balaban J connectivity index is 3.15. The first-order valence-electron chi connectivity index (χ1n) is 3.98. The molecule has 1 aromatic rings. The van der Waals surface area contributed by atoms with E-state index in [1.54, 1.807) is 19.1 Å². The molecule has 0 aromatic heterocycles. The molecule has 0 amide bonds. The fraction of sp³-hybridized carbons (Fsp3) is 0.300.